The molecule has 0 N–H and O–H groups in total. The summed E-state index contributed by atoms with van der Waals surface area (Å²) >= 11 is 0. The fourth-order valence-corrected chi connectivity index (χ4v) is 3.83. The molecule has 8 heteroatoms. The number of hydrogen-bond acceptors (Lipinski definition) is 3. The van der Waals surface area contributed by atoms with Crippen molar-refractivity contribution in [1.29, 1.82) is 0 Å². The molecule has 0 saturated heterocycles. The van der Waals surface area contributed by atoms with Crippen LogP contribution in [0.2, 0.25) is 0 Å². The van der Waals surface area contributed by atoms with Gasteiger partial charge < -0.3 is 0 Å². The zero-order chi connectivity index (χ0) is 22.6. The van der Waals surface area contributed by atoms with Crippen molar-refractivity contribution >= 4 is 23.1 Å². The van der Waals surface area contributed by atoms with E-state index in [1.165, 1.54) is 0 Å². The zero-order valence-corrected chi connectivity index (χ0v) is 18.8. The first-order valence-electron chi connectivity index (χ1n) is 11.1. The van der Waals surface area contributed by atoms with Crippen LogP contribution in [0.1, 0.15) is 71.2 Å². The molecule has 0 fully saturated rings. The number of nitrogens with zero attached hydrogens (tertiary/aromatic N) is 5. The van der Waals surface area contributed by atoms with Crippen molar-refractivity contribution < 1.29 is 13.2 Å². The molecule has 3 aromatic rings. The van der Waals surface area contributed by atoms with Crippen LogP contribution in [-0.2, 0) is 12.7 Å². The van der Waals surface area contributed by atoms with Crippen LogP contribution >= 0.6 is 0 Å². The van der Waals surface area contributed by atoms with E-state index in [0.29, 0.717) is 17.7 Å². The van der Waals surface area contributed by atoms with Gasteiger partial charge in [0.2, 0.25) is 5.78 Å². The summed E-state index contributed by atoms with van der Waals surface area (Å²) in [6.07, 6.45) is 4.10. The van der Waals surface area contributed by atoms with E-state index in [4.69, 9.17) is 0 Å². The lowest BCUT2D eigenvalue weighted by Crippen LogP contribution is -2.26. The Morgan fingerprint density at radius 1 is 1.16 bits per heavy atom. The van der Waals surface area contributed by atoms with Gasteiger partial charge in [0.1, 0.15) is 0 Å². The lowest BCUT2D eigenvalue weighted by molar-refractivity contribution is -0.141. The lowest BCUT2D eigenvalue weighted by atomic mass is 10.2. The number of halogens is 3. The Morgan fingerprint density at radius 3 is 2.58 bits per heavy atom. The molecule has 0 aliphatic carbocycles. The Balaban J connectivity index is 2.16. The van der Waals surface area contributed by atoms with E-state index < -0.39 is 11.9 Å². The second-order valence-corrected chi connectivity index (χ2v) is 8.01. The zero-order valence-electron chi connectivity index (χ0n) is 18.8. The number of allylic oxidation sites excluding steroid dienone is 1. The van der Waals surface area contributed by atoms with Crippen LogP contribution in [0.25, 0.3) is 23.1 Å². The number of unbranched alkanes of at least 4 members (excludes halogenated alkanes) is 3. The molecule has 0 bridgehead atoms. The summed E-state index contributed by atoms with van der Waals surface area (Å²) in [6, 6.07) is 3.56. The maximum absolute atomic E-state index is 14.0. The molecule has 0 radical (unpaired) electrons. The van der Waals surface area contributed by atoms with Crippen LogP contribution in [-0.4, -0.2) is 36.9 Å². The molecule has 0 amide bonds. The fraction of sp³-hybridized carbons (Fsp3) is 0.565. The highest BCUT2D eigenvalue weighted by Crippen LogP contribution is 2.35. The number of hydrogen-bond donors (Lipinski definition) is 0. The monoisotopic (exact) mass is 435 g/mol. The van der Waals surface area contributed by atoms with Gasteiger partial charge >= 0.3 is 6.18 Å². The van der Waals surface area contributed by atoms with E-state index >= 15 is 0 Å². The van der Waals surface area contributed by atoms with Gasteiger partial charge in [-0.25, -0.2) is 9.97 Å². The van der Waals surface area contributed by atoms with E-state index in [2.05, 4.69) is 21.8 Å². The van der Waals surface area contributed by atoms with E-state index in [1.54, 1.807) is 21.2 Å². The number of rotatable bonds is 10. The molecule has 31 heavy (non-hydrogen) atoms. The minimum atomic E-state index is -4.52. The van der Waals surface area contributed by atoms with Gasteiger partial charge in [-0.2, -0.15) is 13.2 Å². The summed E-state index contributed by atoms with van der Waals surface area (Å²) in [5.74, 6) is 0.255. The Hall–Kier alpha value is -2.35. The summed E-state index contributed by atoms with van der Waals surface area (Å²) in [5.41, 5.74) is 1.65. The Morgan fingerprint density at radius 2 is 1.94 bits per heavy atom. The van der Waals surface area contributed by atoms with Crippen LogP contribution in [0, 0.1) is 0 Å². The van der Waals surface area contributed by atoms with Gasteiger partial charge in [0, 0.05) is 18.9 Å². The normalized spacial score (nSPS) is 13.2. The fourth-order valence-electron chi connectivity index (χ4n) is 3.83. The van der Waals surface area contributed by atoms with Gasteiger partial charge in [-0.1, -0.05) is 45.6 Å². The first-order chi connectivity index (χ1) is 14.8. The first kappa shape index (κ1) is 23.3. The predicted octanol–water partition coefficient (Wildman–Crippen LogP) is 6.38. The van der Waals surface area contributed by atoms with Crippen molar-refractivity contribution in [3.63, 3.8) is 0 Å². The van der Waals surface area contributed by atoms with Crippen LogP contribution < -0.4 is 0 Å². The number of imidazole rings is 2. The summed E-state index contributed by atoms with van der Waals surface area (Å²) in [7, 11) is 0. The third-order valence-electron chi connectivity index (χ3n) is 5.73. The molecule has 5 nitrogen and oxygen atoms in total. The number of pyridine rings is 1. The topological polar surface area (TPSA) is 38.4 Å². The smallest absolute Gasteiger partial charge is 0.298 e. The molecule has 0 aromatic carbocycles. The summed E-state index contributed by atoms with van der Waals surface area (Å²) in [4.78, 5) is 10.6. The maximum Gasteiger partial charge on any atom is 0.435 e. The molecular weight excluding hydrogens is 403 g/mol. The maximum atomic E-state index is 14.0. The highest BCUT2D eigenvalue weighted by atomic mass is 19.4. The van der Waals surface area contributed by atoms with E-state index in [-0.39, 0.29) is 18.0 Å². The quantitative estimate of drug-likeness (QED) is 0.347. The summed E-state index contributed by atoms with van der Waals surface area (Å²) < 4.78 is 45.3. The number of alkyl halides is 3. The SMILES string of the molecule is CCCCCCN(CC)Cc1c(C(F)(F)F)nc2n(/C=C(/C)CC)c3ncccc3n12. The molecule has 0 spiro atoms. The number of fused-ring (bicyclic) bond motifs is 3. The van der Waals surface area contributed by atoms with E-state index in [1.807, 2.05) is 33.0 Å². The van der Waals surface area contributed by atoms with Gasteiger partial charge in [-0.15, -0.1) is 0 Å². The van der Waals surface area contributed by atoms with Gasteiger partial charge in [0.25, 0.3) is 0 Å². The Labute approximate surface area is 181 Å². The van der Waals surface area contributed by atoms with Crippen molar-refractivity contribution in [3.05, 3.63) is 35.3 Å². The van der Waals surface area contributed by atoms with E-state index in [9.17, 15) is 13.2 Å². The van der Waals surface area contributed by atoms with Crippen molar-refractivity contribution in [2.24, 2.45) is 0 Å². The summed E-state index contributed by atoms with van der Waals surface area (Å²) in [6.45, 7) is 9.75. The molecule has 0 unspecified atom stereocenters. The minimum absolute atomic E-state index is 0.180. The molecule has 3 aromatic heterocycles. The average Bonchev–Trinajstić information content (AvgIpc) is 3.26. The van der Waals surface area contributed by atoms with Gasteiger partial charge in [0.15, 0.2) is 11.3 Å². The Kier molecular flexibility index (Phi) is 7.41. The predicted molar refractivity (Wildman–Crippen MR) is 119 cm³/mol. The van der Waals surface area contributed by atoms with E-state index in [0.717, 1.165) is 44.2 Å². The molecule has 0 saturated carbocycles. The van der Waals surface area contributed by atoms with Crippen molar-refractivity contribution in [2.75, 3.05) is 13.1 Å². The second kappa shape index (κ2) is 9.85. The highest BCUT2D eigenvalue weighted by molar-refractivity contribution is 5.81. The minimum Gasteiger partial charge on any atom is -0.298 e. The third-order valence-corrected chi connectivity index (χ3v) is 5.73. The highest BCUT2D eigenvalue weighted by Gasteiger charge is 2.39. The third kappa shape index (κ3) is 4.95. The average molecular weight is 436 g/mol. The molecule has 0 aliphatic rings. The lowest BCUT2D eigenvalue weighted by Gasteiger charge is -2.21. The molecule has 0 aliphatic heterocycles. The van der Waals surface area contributed by atoms with Crippen molar-refractivity contribution in [3.8, 4) is 0 Å². The molecule has 3 heterocycles. The van der Waals surface area contributed by atoms with Gasteiger partial charge in [0.05, 0.1) is 11.2 Å². The van der Waals surface area contributed by atoms with Crippen LogP contribution in [0.4, 0.5) is 13.2 Å². The molecule has 170 valence electrons. The van der Waals surface area contributed by atoms with Crippen molar-refractivity contribution in [2.45, 2.75) is 72.5 Å². The number of aromatic nitrogens is 4. The van der Waals surface area contributed by atoms with Crippen LogP contribution in [0.5, 0.6) is 0 Å². The first-order valence-corrected chi connectivity index (χ1v) is 11.1. The van der Waals surface area contributed by atoms with Crippen molar-refractivity contribution in [1.82, 2.24) is 23.8 Å². The standard InChI is InChI=1S/C23H32F3N5/c1-5-8-9-10-14-29(7-3)16-19-20(23(24,25)26)28-22-30(15-17(4)6-2)21-18(31(19)22)12-11-13-27-21/h11-13,15H,5-10,14,16H2,1-4H3/b17-15-. The van der Waals surface area contributed by atoms with Gasteiger partial charge in [-0.05, 0) is 45.0 Å². The largest absolute Gasteiger partial charge is 0.435 e. The molecular formula is C23H32F3N5. The summed E-state index contributed by atoms with van der Waals surface area (Å²) in [5, 5.41) is 0. The van der Waals surface area contributed by atoms with Crippen LogP contribution in [0.15, 0.2) is 23.9 Å². The Bertz CT molecular complexity index is 1050. The molecule has 0 atom stereocenters. The van der Waals surface area contributed by atoms with Gasteiger partial charge in [-0.3, -0.25) is 13.9 Å². The van der Waals surface area contributed by atoms with Crippen LogP contribution in [0.3, 0.4) is 0 Å². The molecule has 3 rings (SSSR count). The second-order valence-electron chi connectivity index (χ2n) is 8.01.